The minimum atomic E-state index is -3.98. The molecule has 0 radical (unpaired) electrons. The molecule has 0 fully saturated rings. The van der Waals surface area contributed by atoms with Crippen molar-refractivity contribution in [3.63, 3.8) is 0 Å². The zero-order chi connectivity index (χ0) is 24.3. The summed E-state index contributed by atoms with van der Waals surface area (Å²) in [5.74, 6) is 0.125. The van der Waals surface area contributed by atoms with E-state index in [9.17, 15) is 13.2 Å². The molecule has 7 heteroatoms. The van der Waals surface area contributed by atoms with Crippen molar-refractivity contribution in [1.82, 2.24) is 5.32 Å². The number of amides is 1. The summed E-state index contributed by atoms with van der Waals surface area (Å²) >= 11 is 0. The Morgan fingerprint density at radius 1 is 1.03 bits per heavy atom. The number of rotatable bonds is 8. The monoisotopic (exact) mass is 478 g/mol. The molecular formula is C27H30N2O4S. The van der Waals surface area contributed by atoms with Crippen molar-refractivity contribution in [3.05, 3.63) is 89.0 Å². The number of hydrogen-bond donors (Lipinski definition) is 1. The summed E-state index contributed by atoms with van der Waals surface area (Å²) in [5, 5.41) is 2.97. The van der Waals surface area contributed by atoms with Crippen LogP contribution in [-0.4, -0.2) is 28.0 Å². The third-order valence-corrected chi connectivity index (χ3v) is 8.03. The molecule has 4 rings (SSSR count). The maximum atomic E-state index is 13.6. The number of fused-ring (bicyclic) bond motifs is 1. The van der Waals surface area contributed by atoms with Crippen LogP contribution in [0, 0.1) is 6.92 Å². The average Bonchev–Trinajstić information content (AvgIpc) is 3.30. The van der Waals surface area contributed by atoms with Crippen LogP contribution in [0.4, 0.5) is 5.69 Å². The topological polar surface area (TPSA) is 75.7 Å². The molecule has 0 spiro atoms. The molecule has 1 amide bonds. The molecular weight excluding hydrogens is 448 g/mol. The first-order valence-electron chi connectivity index (χ1n) is 11.4. The van der Waals surface area contributed by atoms with Crippen LogP contribution >= 0.6 is 0 Å². The summed E-state index contributed by atoms with van der Waals surface area (Å²) in [6.45, 7) is 3.46. The highest BCUT2D eigenvalue weighted by atomic mass is 32.2. The lowest BCUT2D eigenvalue weighted by molar-refractivity contribution is -0.120. The van der Waals surface area contributed by atoms with Crippen molar-refractivity contribution in [2.45, 2.75) is 44.0 Å². The molecule has 0 saturated heterocycles. The van der Waals surface area contributed by atoms with E-state index in [-0.39, 0.29) is 23.4 Å². The maximum absolute atomic E-state index is 13.6. The van der Waals surface area contributed by atoms with Gasteiger partial charge >= 0.3 is 0 Å². The van der Waals surface area contributed by atoms with E-state index < -0.39 is 10.0 Å². The number of hydrogen-bond acceptors (Lipinski definition) is 4. The van der Waals surface area contributed by atoms with E-state index in [2.05, 4.69) is 17.4 Å². The highest BCUT2D eigenvalue weighted by molar-refractivity contribution is 7.92. The first-order chi connectivity index (χ1) is 16.3. The fourth-order valence-corrected chi connectivity index (χ4v) is 5.69. The summed E-state index contributed by atoms with van der Waals surface area (Å²) in [7, 11) is -2.47. The molecule has 0 aliphatic heterocycles. The largest absolute Gasteiger partial charge is 0.497 e. The Morgan fingerprint density at radius 2 is 1.76 bits per heavy atom. The Kier molecular flexibility index (Phi) is 6.93. The zero-order valence-electron chi connectivity index (χ0n) is 19.7. The van der Waals surface area contributed by atoms with Crippen molar-refractivity contribution >= 4 is 21.6 Å². The molecule has 178 valence electrons. The third-order valence-electron chi connectivity index (χ3n) is 6.24. The highest BCUT2D eigenvalue weighted by Crippen LogP contribution is 2.28. The maximum Gasteiger partial charge on any atom is 0.264 e. The number of nitrogens with one attached hydrogen (secondary N) is 1. The summed E-state index contributed by atoms with van der Waals surface area (Å²) < 4.78 is 33.5. The number of nitrogens with zero attached hydrogens (tertiary/aromatic N) is 1. The average molecular weight is 479 g/mol. The van der Waals surface area contributed by atoms with Crippen LogP contribution in [0.1, 0.15) is 41.6 Å². The Bertz CT molecular complexity index is 1290. The van der Waals surface area contributed by atoms with Gasteiger partial charge < -0.3 is 10.1 Å². The van der Waals surface area contributed by atoms with Gasteiger partial charge in [-0.05, 0) is 74.1 Å². The van der Waals surface area contributed by atoms with Gasteiger partial charge in [0, 0.05) is 6.07 Å². The standard InChI is InChI=1S/C27H30N2O4S/c1-19-10-14-26(15-11-19)34(31,32)29(24-8-5-9-25(17-24)33-3)18-27(30)28-20(2)22-13-12-21-6-4-7-23(21)16-22/h5,8-17,20H,4,6-7,18H2,1-3H3,(H,28,30). The quantitative estimate of drug-likeness (QED) is 0.515. The lowest BCUT2D eigenvalue weighted by atomic mass is 10.0. The van der Waals surface area contributed by atoms with Crippen molar-refractivity contribution in [1.29, 1.82) is 0 Å². The number of sulfonamides is 1. The van der Waals surface area contributed by atoms with Gasteiger partial charge in [-0.2, -0.15) is 0 Å². The van der Waals surface area contributed by atoms with E-state index >= 15 is 0 Å². The molecule has 3 aromatic rings. The molecule has 0 bridgehead atoms. The molecule has 34 heavy (non-hydrogen) atoms. The minimum Gasteiger partial charge on any atom is -0.497 e. The molecule has 0 heterocycles. The lowest BCUT2D eigenvalue weighted by Gasteiger charge is -2.25. The molecule has 1 unspecified atom stereocenters. The van der Waals surface area contributed by atoms with Gasteiger partial charge in [-0.25, -0.2) is 8.42 Å². The van der Waals surface area contributed by atoms with Gasteiger partial charge in [-0.3, -0.25) is 9.10 Å². The smallest absolute Gasteiger partial charge is 0.264 e. The van der Waals surface area contributed by atoms with Crippen molar-refractivity contribution in [3.8, 4) is 5.75 Å². The molecule has 1 N–H and O–H groups in total. The van der Waals surface area contributed by atoms with Gasteiger partial charge in [0.25, 0.3) is 10.0 Å². The van der Waals surface area contributed by atoms with E-state index in [1.54, 1.807) is 48.5 Å². The summed E-state index contributed by atoms with van der Waals surface area (Å²) in [5.41, 5.74) is 5.03. The van der Waals surface area contributed by atoms with Gasteiger partial charge in [-0.1, -0.05) is 42.0 Å². The summed E-state index contributed by atoms with van der Waals surface area (Å²) in [6, 6.07) is 19.4. The molecule has 0 saturated carbocycles. The highest BCUT2D eigenvalue weighted by Gasteiger charge is 2.28. The Hall–Kier alpha value is -3.32. The first-order valence-corrected chi connectivity index (χ1v) is 12.9. The van der Waals surface area contributed by atoms with Gasteiger partial charge in [0.15, 0.2) is 0 Å². The van der Waals surface area contributed by atoms with E-state index in [1.807, 2.05) is 19.9 Å². The van der Waals surface area contributed by atoms with Crippen molar-refractivity contribution in [2.24, 2.45) is 0 Å². The fraction of sp³-hybridized carbons (Fsp3) is 0.296. The molecule has 1 aliphatic carbocycles. The Morgan fingerprint density at radius 3 is 2.50 bits per heavy atom. The molecule has 1 atom stereocenters. The predicted octanol–water partition coefficient (Wildman–Crippen LogP) is 4.57. The number of carbonyl (C=O) groups excluding carboxylic acids is 1. The number of ether oxygens (including phenoxy) is 1. The lowest BCUT2D eigenvalue weighted by Crippen LogP contribution is -2.41. The van der Waals surface area contributed by atoms with E-state index in [0.717, 1.165) is 34.7 Å². The molecule has 1 aliphatic rings. The van der Waals surface area contributed by atoms with Crippen LogP contribution < -0.4 is 14.4 Å². The van der Waals surface area contributed by atoms with Gasteiger partial charge in [0.2, 0.25) is 5.91 Å². The fourth-order valence-electron chi connectivity index (χ4n) is 4.28. The van der Waals surface area contributed by atoms with E-state index in [1.165, 1.54) is 18.2 Å². The van der Waals surface area contributed by atoms with Crippen LogP contribution in [0.3, 0.4) is 0 Å². The number of benzene rings is 3. The summed E-state index contributed by atoms with van der Waals surface area (Å²) in [4.78, 5) is 13.2. The zero-order valence-corrected chi connectivity index (χ0v) is 20.6. The van der Waals surface area contributed by atoms with Crippen LogP contribution in [0.15, 0.2) is 71.6 Å². The molecule has 3 aromatic carbocycles. The number of aryl methyl sites for hydroxylation is 3. The first kappa shape index (κ1) is 23.8. The number of methoxy groups -OCH3 is 1. The van der Waals surface area contributed by atoms with Gasteiger partial charge in [0.05, 0.1) is 23.7 Å². The predicted molar refractivity (Wildman–Crippen MR) is 134 cm³/mol. The normalized spacial score (nSPS) is 13.7. The van der Waals surface area contributed by atoms with Crippen LogP contribution in [-0.2, 0) is 27.7 Å². The Labute approximate surface area is 201 Å². The summed E-state index contributed by atoms with van der Waals surface area (Å²) in [6.07, 6.45) is 3.32. The number of anilines is 1. The van der Waals surface area contributed by atoms with Crippen LogP contribution in [0.2, 0.25) is 0 Å². The minimum absolute atomic E-state index is 0.125. The third kappa shape index (κ3) is 5.09. The van der Waals surface area contributed by atoms with E-state index in [4.69, 9.17) is 4.74 Å². The van der Waals surface area contributed by atoms with Crippen LogP contribution in [0.5, 0.6) is 5.75 Å². The van der Waals surface area contributed by atoms with Crippen molar-refractivity contribution in [2.75, 3.05) is 18.0 Å². The second kappa shape index (κ2) is 9.89. The second-order valence-electron chi connectivity index (χ2n) is 8.70. The molecule has 0 aromatic heterocycles. The number of carbonyl (C=O) groups is 1. The Balaban J connectivity index is 1.59. The SMILES string of the molecule is COc1cccc(N(CC(=O)NC(C)c2ccc3c(c2)CCC3)S(=O)(=O)c2ccc(C)cc2)c1. The van der Waals surface area contributed by atoms with Crippen LogP contribution in [0.25, 0.3) is 0 Å². The second-order valence-corrected chi connectivity index (χ2v) is 10.6. The van der Waals surface area contributed by atoms with Gasteiger partial charge in [-0.15, -0.1) is 0 Å². The molecule has 6 nitrogen and oxygen atoms in total. The van der Waals surface area contributed by atoms with Gasteiger partial charge in [0.1, 0.15) is 12.3 Å². The van der Waals surface area contributed by atoms with Crippen molar-refractivity contribution < 1.29 is 17.9 Å². The van der Waals surface area contributed by atoms with E-state index in [0.29, 0.717) is 11.4 Å².